The fraction of sp³-hybridized carbons (Fsp3) is 0.545. The van der Waals surface area contributed by atoms with Crippen LogP contribution in [0.15, 0.2) is 6.07 Å². The molecule has 0 radical (unpaired) electrons. The standard InChI is InChI=1S/C11H17Cl2N3O2/c1-11(18,6-16(2)3)5-14-10(17)8-4-7(12)9(13)15-8/h4,15,18H,5-6H2,1-3H3,(H,14,17). The first kappa shape index (κ1) is 15.3. The van der Waals surface area contributed by atoms with E-state index in [4.69, 9.17) is 23.2 Å². The Morgan fingerprint density at radius 3 is 2.61 bits per heavy atom. The van der Waals surface area contributed by atoms with E-state index in [0.29, 0.717) is 11.6 Å². The van der Waals surface area contributed by atoms with Crippen molar-refractivity contribution < 1.29 is 9.90 Å². The molecule has 102 valence electrons. The Morgan fingerprint density at radius 2 is 2.17 bits per heavy atom. The van der Waals surface area contributed by atoms with Crippen LogP contribution in [0.4, 0.5) is 0 Å². The number of hydrogen-bond donors (Lipinski definition) is 3. The first-order valence-electron chi connectivity index (χ1n) is 5.40. The molecule has 1 unspecified atom stereocenters. The maximum absolute atomic E-state index is 11.8. The predicted octanol–water partition coefficient (Wildman–Crippen LogP) is 1.36. The molecular weight excluding hydrogens is 277 g/mol. The lowest BCUT2D eigenvalue weighted by molar-refractivity contribution is 0.0325. The van der Waals surface area contributed by atoms with Crippen molar-refractivity contribution in [1.29, 1.82) is 0 Å². The highest BCUT2D eigenvalue weighted by Crippen LogP contribution is 2.21. The molecule has 5 nitrogen and oxygen atoms in total. The van der Waals surface area contributed by atoms with Gasteiger partial charge in [-0.25, -0.2) is 0 Å². The number of carbonyl (C=O) groups excluding carboxylic acids is 1. The third kappa shape index (κ3) is 4.49. The third-order valence-corrected chi connectivity index (χ3v) is 2.95. The van der Waals surface area contributed by atoms with Crippen molar-refractivity contribution in [2.75, 3.05) is 27.2 Å². The number of hydrogen-bond acceptors (Lipinski definition) is 3. The van der Waals surface area contributed by atoms with E-state index in [9.17, 15) is 9.90 Å². The fourth-order valence-corrected chi connectivity index (χ4v) is 1.94. The maximum Gasteiger partial charge on any atom is 0.267 e. The predicted molar refractivity (Wildman–Crippen MR) is 72.3 cm³/mol. The van der Waals surface area contributed by atoms with E-state index in [1.54, 1.807) is 6.92 Å². The second kappa shape index (κ2) is 5.93. The summed E-state index contributed by atoms with van der Waals surface area (Å²) in [6.45, 7) is 2.24. The summed E-state index contributed by atoms with van der Waals surface area (Å²) < 4.78 is 0. The third-order valence-electron chi connectivity index (χ3n) is 2.26. The summed E-state index contributed by atoms with van der Waals surface area (Å²) in [6, 6.07) is 1.44. The molecule has 0 saturated heterocycles. The minimum Gasteiger partial charge on any atom is -0.387 e. The van der Waals surface area contributed by atoms with Gasteiger partial charge in [-0.1, -0.05) is 23.2 Å². The summed E-state index contributed by atoms with van der Waals surface area (Å²) in [7, 11) is 3.70. The number of aliphatic hydroxyl groups is 1. The van der Waals surface area contributed by atoms with E-state index < -0.39 is 5.60 Å². The smallest absolute Gasteiger partial charge is 0.267 e. The Morgan fingerprint density at radius 1 is 1.56 bits per heavy atom. The van der Waals surface area contributed by atoms with Gasteiger partial charge in [-0.3, -0.25) is 4.79 Å². The Bertz CT molecular complexity index is 410. The van der Waals surface area contributed by atoms with Gasteiger partial charge in [0.25, 0.3) is 5.91 Å². The highest BCUT2D eigenvalue weighted by atomic mass is 35.5. The van der Waals surface area contributed by atoms with Crippen molar-refractivity contribution >= 4 is 29.1 Å². The lowest BCUT2D eigenvalue weighted by Crippen LogP contribution is -2.47. The van der Waals surface area contributed by atoms with Gasteiger partial charge in [0.05, 0.1) is 10.6 Å². The summed E-state index contributed by atoms with van der Waals surface area (Å²) in [5.41, 5.74) is -0.732. The zero-order valence-electron chi connectivity index (χ0n) is 10.6. The number of nitrogens with one attached hydrogen (secondary N) is 2. The number of amides is 1. The fourth-order valence-electron chi connectivity index (χ4n) is 1.63. The number of carbonyl (C=O) groups is 1. The zero-order chi connectivity index (χ0) is 13.9. The number of nitrogens with zero attached hydrogens (tertiary/aromatic N) is 1. The summed E-state index contributed by atoms with van der Waals surface area (Å²) in [4.78, 5) is 16.3. The van der Waals surface area contributed by atoms with Gasteiger partial charge < -0.3 is 20.3 Å². The quantitative estimate of drug-likeness (QED) is 0.768. The summed E-state index contributed by atoms with van der Waals surface area (Å²) in [6.07, 6.45) is 0. The molecule has 0 bridgehead atoms. The van der Waals surface area contributed by atoms with E-state index in [0.717, 1.165) is 0 Å². The Labute approximate surface area is 116 Å². The van der Waals surface area contributed by atoms with Gasteiger partial charge in [-0.15, -0.1) is 0 Å². The molecule has 1 aromatic rings. The van der Waals surface area contributed by atoms with Crippen molar-refractivity contribution in [2.45, 2.75) is 12.5 Å². The van der Waals surface area contributed by atoms with Gasteiger partial charge in [0.1, 0.15) is 10.8 Å². The van der Waals surface area contributed by atoms with Crippen LogP contribution in [-0.2, 0) is 0 Å². The molecule has 0 aromatic carbocycles. The number of rotatable bonds is 5. The molecule has 3 N–H and O–H groups in total. The number of halogens is 2. The summed E-state index contributed by atoms with van der Waals surface area (Å²) >= 11 is 11.4. The SMILES string of the molecule is CN(C)CC(C)(O)CNC(=O)c1cc(Cl)c(Cl)[nH]1. The Kier molecular flexibility index (Phi) is 5.04. The van der Waals surface area contributed by atoms with E-state index in [2.05, 4.69) is 10.3 Å². The molecule has 0 aliphatic carbocycles. The summed E-state index contributed by atoms with van der Waals surface area (Å²) in [5.74, 6) is -0.358. The number of aromatic amines is 1. The number of H-pyrrole nitrogens is 1. The van der Waals surface area contributed by atoms with Crippen LogP contribution in [-0.4, -0.2) is 53.7 Å². The first-order chi connectivity index (χ1) is 8.21. The minimum absolute atomic E-state index is 0.137. The average molecular weight is 294 g/mol. The van der Waals surface area contributed by atoms with Crippen LogP contribution in [0, 0.1) is 0 Å². The maximum atomic E-state index is 11.8. The normalized spacial score (nSPS) is 14.6. The molecule has 7 heteroatoms. The van der Waals surface area contributed by atoms with Gasteiger partial charge in [-0.2, -0.15) is 0 Å². The molecule has 1 atom stereocenters. The van der Waals surface area contributed by atoms with Gasteiger partial charge in [0, 0.05) is 13.1 Å². The molecule has 18 heavy (non-hydrogen) atoms. The second-order valence-corrected chi connectivity index (χ2v) is 5.55. The number of aromatic nitrogens is 1. The largest absolute Gasteiger partial charge is 0.387 e. The average Bonchev–Trinajstić information content (AvgIpc) is 2.54. The molecule has 1 amide bonds. The minimum atomic E-state index is -1.00. The van der Waals surface area contributed by atoms with E-state index in [1.807, 2.05) is 19.0 Å². The van der Waals surface area contributed by atoms with Crippen molar-refractivity contribution in [2.24, 2.45) is 0 Å². The molecule has 0 saturated carbocycles. The van der Waals surface area contributed by atoms with Crippen LogP contribution in [0.5, 0.6) is 0 Å². The molecule has 0 aliphatic heterocycles. The molecule has 0 fully saturated rings. The van der Waals surface area contributed by atoms with E-state index >= 15 is 0 Å². The molecule has 1 heterocycles. The van der Waals surface area contributed by atoms with Crippen LogP contribution in [0.1, 0.15) is 17.4 Å². The molecular formula is C11H17Cl2N3O2. The van der Waals surface area contributed by atoms with Gasteiger partial charge in [0.2, 0.25) is 0 Å². The lowest BCUT2D eigenvalue weighted by atomic mass is 10.1. The Hall–Kier alpha value is -0.750. The van der Waals surface area contributed by atoms with Crippen LogP contribution >= 0.6 is 23.2 Å². The molecule has 0 spiro atoms. The highest BCUT2D eigenvalue weighted by molar-refractivity contribution is 6.41. The number of likely N-dealkylation sites (N-methyl/N-ethyl adjacent to an activating group) is 1. The van der Waals surface area contributed by atoms with Crippen molar-refractivity contribution in [3.05, 3.63) is 21.9 Å². The second-order valence-electron chi connectivity index (χ2n) is 4.76. The van der Waals surface area contributed by atoms with E-state index in [1.165, 1.54) is 6.07 Å². The van der Waals surface area contributed by atoms with Crippen LogP contribution in [0.3, 0.4) is 0 Å². The van der Waals surface area contributed by atoms with Crippen molar-refractivity contribution in [3.63, 3.8) is 0 Å². The van der Waals surface area contributed by atoms with Crippen LogP contribution in [0.25, 0.3) is 0 Å². The van der Waals surface area contributed by atoms with Crippen molar-refractivity contribution in [1.82, 2.24) is 15.2 Å². The van der Waals surface area contributed by atoms with Gasteiger partial charge in [-0.05, 0) is 27.1 Å². The molecule has 1 rings (SSSR count). The Balaban J connectivity index is 2.56. The summed E-state index contributed by atoms with van der Waals surface area (Å²) in [5, 5.41) is 13.2. The molecule has 0 aliphatic rings. The van der Waals surface area contributed by atoms with Crippen molar-refractivity contribution in [3.8, 4) is 0 Å². The van der Waals surface area contributed by atoms with Gasteiger partial charge >= 0.3 is 0 Å². The lowest BCUT2D eigenvalue weighted by Gasteiger charge is -2.26. The van der Waals surface area contributed by atoms with Crippen LogP contribution < -0.4 is 5.32 Å². The topological polar surface area (TPSA) is 68.4 Å². The zero-order valence-corrected chi connectivity index (χ0v) is 12.1. The monoisotopic (exact) mass is 293 g/mol. The van der Waals surface area contributed by atoms with Crippen LogP contribution in [0.2, 0.25) is 10.2 Å². The first-order valence-corrected chi connectivity index (χ1v) is 6.16. The highest BCUT2D eigenvalue weighted by Gasteiger charge is 2.23. The molecule has 1 aromatic heterocycles. The van der Waals surface area contributed by atoms with Gasteiger partial charge in [0.15, 0.2) is 0 Å². The van der Waals surface area contributed by atoms with E-state index in [-0.39, 0.29) is 23.3 Å².